The Labute approximate surface area is 99.2 Å². The topological polar surface area (TPSA) is 35.5 Å². The first-order valence-corrected chi connectivity index (χ1v) is 6.63. The van der Waals surface area contributed by atoms with Gasteiger partial charge in [0.25, 0.3) is 0 Å². The molecule has 2 unspecified atom stereocenters. The van der Waals surface area contributed by atoms with Crippen LogP contribution >= 0.6 is 0 Å². The highest BCUT2D eigenvalue weighted by molar-refractivity contribution is 5.02. The maximum Gasteiger partial charge on any atom is 0.0628 e. The van der Waals surface area contributed by atoms with Gasteiger partial charge in [0.2, 0.25) is 0 Å². The summed E-state index contributed by atoms with van der Waals surface area (Å²) in [6.45, 7) is 3.56. The Hall–Kier alpha value is -0.120. The highest BCUT2D eigenvalue weighted by Crippen LogP contribution is 2.41. The van der Waals surface area contributed by atoms with Crippen molar-refractivity contribution < 1.29 is 5.11 Å². The van der Waals surface area contributed by atoms with Crippen LogP contribution in [0.2, 0.25) is 0 Å². The molecule has 0 aromatic heterocycles. The predicted octanol–water partition coefficient (Wildman–Crippen LogP) is 1.08. The maximum absolute atomic E-state index is 9.68. The lowest BCUT2D eigenvalue weighted by atomic mass is 9.93. The predicted molar refractivity (Wildman–Crippen MR) is 66.4 cm³/mol. The van der Waals surface area contributed by atoms with Crippen molar-refractivity contribution in [3.8, 4) is 0 Å². The van der Waals surface area contributed by atoms with Gasteiger partial charge in [0, 0.05) is 12.6 Å². The van der Waals surface area contributed by atoms with Crippen LogP contribution in [-0.4, -0.2) is 48.8 Å². The molecule has 2 rings (SSSR count). The minimum Gasteiger partial charge on any atom is -0.394 e. The molecular formula is C13H26N2O. The Kier molecular flexibility index (Phi) is 3.57. The Morgan fingerprint density at radius 3 is 2.38 bits per heavy atom. The van der Waals surface area contributed by atoms with Gasteiger partial charge in [-0.25, -0.2) is 0 Å². The molecule has 2 saturated carbocycles. The third kappa shape index (κ3) is 2.41. The van der Waals surface area contributed by atoms with Gasteiger partial charge >= 0.3 is 0 Å². The smallest absolute Gasteiger partial charge is 0.0628 e. The number of rotatable bonds is 7. The summed E-state index contributed by atoms with van der Waals surface area (Å²) in [5, 5.41) is 13.1. The third-order valence-electron chi connectivity index (χ3n) is 4.67. The van der Waals surface area contributed by atoms with Crippen LogP contribution in [0.4, 0.5) is 0 Å². The molecule has 0 amide bonds. The van der Waals surface area contributed by atoms with E-state index in [2.05, 4.69) is 24.2 Å². The summed E-state index contributed by atoms with van der Waals surface area (Å²) >= 11 is 0. The molecule has 0 radical (unpaired) electrons. The molecule has 0 aromatic rings. The fourth-order valence-corrected chi connectivity index (χ4v) is 2.83. The summed E-state index contributed by atoms with van der Waals surface area (Å²) in [4.78, 5) is 2.43. The molecule has 2 fully saturated rings. The van der Waals surface area contributed by atoms with E-state index >= 15 is 0 Å². The minimum absolute atomic E-state index is 0.0576. The minimum atomic E-state index is -0.0576. The third-order valence-corrected chi connectivity index (χ3v) is 4.67. The van der Waals surface area contributed by atoms with Gasteiger partial charge < -0.3 is 15.3 Å². The van der Waals surface area contributed by atoms with Gasteiger partial charge in [0.1, 0.15) is 0 Å². The summed E-state index contributed by atoms with van der Waals surface area (Å²) in [6.07, 6.45) is 5.32. The lowest BCUT2D eigenvalue weighted by molar-refractivity contribution is 0.0882. The fourth-order valence-electron chi connectivity index (χ4n) is 2.83. The molecule has 16 heavy (non-hydrogen) atoms. The van der Waals surface area contributed by atoms with E-state index in [4.69, 9.17) is 0 Å². The fraction of sp³-hybridized carbons (Fsp3) is 1.00. The van der Waals surface area contributed by atoms with Gasteiger partial charge in [-0.3, -0.25) is 0 Å². The standard InChI is InChI=1S/C13H26N2O/c1-10(11-4-5-11)15(3)8-13(9-16,14-2)12-6-7-12/h10-12,14,16H,4-9H2,1-3H3. The van der Waals surface area contributed by atoms with Crippen LogP contribution in [-0.2, 0) is 0 Å². The van der Waals surface area contributed by atoms with Gasteiger partial charge in [0.15, 0.2) is 0 Å². The molecule has 0 aliphatic heterocycles. The second-order valence-corrected chi connectivity index (χ2v) is 5.83. The second kappa shape index (κ2) is 4.63. The summed E-state index contributed by atoms with van der Waals surface area (Å²) in [5.74, 6) is 1.58. The first-order chi connectivity index (χ1) is 7.63. The van der Waals surface area contributed by atoms with Gasteiger partial charge in [-0.1, -0.05) is 0 Å². The molecule has 2 aliphatic carbocycles. The molecular weight excluding hydrogens is 200 g/mol. The Morgan fingerprint density at radius 1 is 1.38 bits per heavy atom. The van der Waals surface area contributed by atoms with Crippen LogP contribution in [0.15, 0.2) is 0 Å². The van der Waals surface area contributed by atoms with Crippen molar-refractivity contribution in [3.63, 3.8) is 0 Å². The number of hydrogen-bond donors (Lipinski definition) is 2. The molecule has 2 N–H and O–H groups in total. The maximum atomic E-state index is 9.68. The number of aliphatic hydroxyl groups is 1. The molecule has 0 aromatic carbocycles. The van der Waals surface area contributed by atoms with E-state index in [9.17, 15) is 5.11 Å². The summed E-state index contributed by atoms with van der Waals surface area (Å²) in [7, 11) is 4.19. The molecule has 3 nitrogen and oxygen atoms in total. The van der Waals surface area contributed by atoms with Gasteiger partial charge in [-0.2, -0.15) is 0 Å². The van der Waals surface area contributed by atoms with E-state index < -0.39 is 0 Å². The molecule has 94 valence electrons. The van der Waals surface area contributed by atoms with Crippen LogP contribution in [0.3, 0.4) is 0 Å². The summed E-state index contributed by atoms with van der Waals surface area (Å²) in [5.41, 5.74) is -0.0576. The van der Waals surface area contributed by atoms with Crippen molar-refractivity contribution in [3.05, 3.63) is 0 Å². The van der Waals surface area contributed by atoms with Gasteiger partial charge in [-0.15, -0.1) is 0 Å². The van der Waals surface area contributed by atoms with Crippen LogP contribution < -0.4 is 5.32 Å². The van der Waals surface area contributed by atoms with Gasteiger partial charge in [-0.05, 0) is 58.5 Å². The lowest BCUT2D eigenvalue weighted by Crippen LogP contribution is -2.57. The zero-order valence-corrected chi connectivity index (χ0v) is 10.9. The number of aliphatic hydroxyl groups excluding tert-OH is 1. The number of hydrogen-bond acceptors (Lipinski definition) is 3. The number of nitrogens with zero attached hydrogens (tertiary/aromatic N) is 1. The first-order valence-electron chi connectivity index (χ1n) is 6.63. The zero-order chi connectivity index (χ0) is 11.8. The molecule has 3 heteroatoms. The van der Waals surface area contributed by atoms with E-state index in [-0.39, 0.29) is 12.1 Å². The van der Waals surface area contributed by atoms with Crippen LogP contribution in [0.5, 0.6) is 0 Å². The molecule has 0 spiro atoms. The average Bonchev–Trinajstić information content (AvgIpc) is 3.16. The van der Waals surface area contributed by atoms with Crippen molar-refractivity contribution >= 4 is 0 Å². The molecule has 0 saturated heterocycles. The Morgan fingerprint density at radius 2 is 2.00 bits per heavy atom. The normalized spacial score (nSPS) is 26.8. The first kappa shape index (κ1) is 12.3. The largest absolute Gasteiger partial charge is 0.394 e. The highest BCUT2D eigenvalue weighted by atomic mass is 16.3. The molecule has 2 aliphatic rings. The molecule has 2 atom stereocenters. The van der Waals surface area contributed by atoms with Crippen molar-refractivity contribution in [1.29, 1.82) is 0 Å². The molecule has 0 heterocycles. The van der Waals surface area contributed by atoms with Crippen molar-refractivity contribution in [2.45, 2.75) is 44.2 Å². The highest BCUT2D eigenvalue weighted by Gasteiger charge is 2.45. The van der Waals surface area contributed by atoms with Crippen molar-refractivity contribution in [2.24, 2.45) is 11.8 Å². The van der Waals surface area contributed by atoms with Crippen LogP contribution in [0.25, 0.3) is 0 Å². The van der Waals surface area contributed by atoms with E-state index in [0.29, 0.717) is 12.0 Å². The Bertz CT molecular complexity index is 232. The van der Waals surface area contributed by atoms with Gasteiger partial charge in [0.05, 0.1) is 12.1 Å². The number of nitrogens with one attached hydrogen (secondary N) is 1. The van der Waals surface area contributed by atoms with Crippen LogP contribution in [0.1, 0.15) is 32.6 Å². The van der Waals surface area contributed by atoms with E-state index in [1.165, 1.54) is 25.7 Å². The second-order valence-electron chi connectivity index (χ2n) is 5.83. The quantitative estimate of drug-likeness (QED) is 0.682. The van der Waals surface area contributed by atoms with Crippen LogP contribution in [0, 0.1) is 11.8 Å². The van der Waals surface area contributed by atoms with E-state index in [0.717, 1.165) is 12.5 Å². The van der Waals surface area contributed by atoms with E-state index in [1.807, 2.05) is 7.05 Å². The average molecular weight is 226 g/mol. The zero-order valence-electron chi connectivity index (χ0n) is 10.9. The summed E-state index contributed by atoms with van der Waals surface area (Å²) < 4.78 is 0. The lowest BCUT2D eigenvalue weighted by Gasteiger charge is -2.38. The monoisotopic (exact) mass is 226 g/mol. The van der Waals surface area contributed by atoms with E-state index in [1.54, 1.807) is 0 Å². The van der Waals surface area contributed by atoms with Crippen molar-refractivity contribution in [2.75, 3.05) is 27.2 Å². The SMILES string of the molecule is CNC(CO)(CN(C)C(C)C1CC1)C1CC1. The molecule has 0 bridgehead atoms. The summed E-state index contributed by atoms with van der Waals surface area (Å²) in [6, 6.07) is 0.665. The Balaban J connectivity index is 1.93. The van der Waals surface area contributed by atoms with Crippen molar-refractivity contribution in [1.82, 2.24) is 10.2 Å². The number of likely N-dealkylation sites (N-methyl/N-ethyl adjacent to an activating group) is 2.